The van der Waals surface area contributed by atoms with Gasteiger partial charge in [0.2, 0.25) is 0 Å². The van der Waals surface area contributed by atoms with E-state index in [1.807, 2.05) is 14.0 Å². The van der Waals surface area contributed by atoms with E-state index in [0.29, 0.717) is 6.04 Å². The number of hydrogen-bond acceptors (Lipinski definition) is 1. The monoisotopic (exact) mass is 186 g/mol. The van der Waals surface area contributed by atoms with Crippen LogP contribution in [0, 0.1) is 6.58 Å². The predicted molar refractivity (Wildman–Crippen MR) is 27.4 cm³/mol. The maximum Gasteiger partial charge on any atom is 1.00 e. The van der Waals surface area contributed by atoms with Gasteiger partial charge in [0.25, 0.3) is 0 Å². The first-order valence-corrected chi connectivity index (χ1v) is 2.03. The summed E-state index contributed by atoms with van der Waals surface area (Å²) in [4.78, 5) is 0. The standard InChI is InChI=1S/C5H10N.Ru/c1-4-5(2)6-3;/h1,4-6H,2-3H3;/q-1;+1. The quantitative estimate of drug-likeness (QED) is 0.490. The fourth-order valence-electron chi connectivity index (χ4n) is 0.0962. The molecule has 1 N–H and O–H groups in total. The van der Waals surface area contributed by atoms with E-state index in [1.54, 1.807) is 6.08 Å². The molecule has 0 aliphatic heterocycles. The predicted octanol–water partition coefficient (Wildman–Crippen LogP) is 0.581. The molecule has 1 radical (unpaired) electrons. The van der Waals surface area contributed by atoms with E-state index in [1.165, 1.54) is 0 Å². The first-order chi connectivity index (χ1) is 2.81. The zero-order valence-corrected chi connectivity index (χ0v) is 6.32. The van der Waals surface area contributed by atoms with Gasteiger partial charge in [-0.1, -0.05) is 0 Å². The molecule has 1 nitrogen and oxygen atoms in total. The molecule has 7 heavy (non-hydrogen) atoms. The Morgan fingerprint density at radius 2 is 2.14 bits per heavy atom. The molecule has 0 saturated heterocycles. The van der Waals surface area contributed by atoms with Crippen molar-refractivity contribution in [1.29, 1.82) is 0 Å². The molecule has 0 fully saturated rings. The van der Waals surface area contributed by atoms with Gasteiger partial charge in [-0.05, 0) is 20.0 Å². The Balaban J connectivity index is 0. The Labute approximate surface area is 57.9 Å². The third-order valence-corrected chi connectivity index (χ3v) is 0.744. The molecule has 2 heteroatoms. The second-order valence-corrected chi connectivity index (χ2v) is 1.27. The molecule has 0 aliphatic carbocycles. The van der Waals surface area contributed by atoms with Crippen LogP contribution in [0.4, 0.5) is 0 Å². The summed E-state index contributed by atoms with van der Waals surface area (Å²) in [5.74, 6) is 0. The zero-order valence-electron chi connectivity index (χ0n) is 4.59. The van der Waals surface area contributed by atoms with E-state index in [0.717, 1.165) is 0 Å². The van der Waals surface area contributed by atoms with Crippen LogP contribution in [0.25, 0.3) is 0 Å². The molecular formula is C5H10NRu. The molecule has 0 saturated carbocycles. The Kier molecular flexibility index (Phi) is 9.33. The van der Waals surface area contributed by atoms with Gasteiger partial charge in [0, 0.05) is 0 Å². The minimum Gasteiger partial charge on any atom is -0.516 e. The molecule has 0 aliphatic rings. The zero-order chi connectivity index (χ0) is 4.99. The van der Waals surface area contributed by atoms with Gasteiger partial charge >= 0.3 is 19.5 Å². The molecule has 1 unspecified atom stereocenters. The fourth-order valence-corrected chi connectivity index (χ4v) is 0.0962. The van der Waals surface area contributed by atoms with E-state index < -0.39 is 0 Å². The summed E-state index contributed by atoms with van der Waals surface area (Å²) in [7, 11) is 1.87. The number of rotatable bonds is 2. The Morgan fingerprint density at radius 3 is 2.14 bits per heavy atom. The Hall–Kier alpha value is 0.323. The first kappa shape index (κ1) is 10.3. The van der Waals surface area contributed by atoms with Crippen molar-refractivity contribution in [2.45, 2.75) is 13.0 Å². The summed E-state index contributed by atoms with van der Waals surface area (Å²) in [6.07, 6.45) is 1.61. The molecular weight excluding hydrogens is 175 g/mol. The van der Waals surface area contributed by atoms with Crippen LogP contribution in [0.3, 0.4) is 0 Å². The Bertz CT molecular complexity index is 45.3. The number of hydrogen-bond donors (Lipinski definition) is 1. The molecule has 0 rings (SSSR count). The molecule has 0 aromatic heterocycles. The van der Waals surface area contributed by atoms with E-state index in [2.05, 4.69) is 5.32 Å². The fraction of sp³-hybridized carbons (Fsp3) is 0.600. The summed E-state index contributed by atoms with van der Waals surface area (Å²) in [5, 5.41) is 2.93. The van der Waals surface area contributed by atoms with E-state index in [-0.39, 0.29) is 19.5 Å². The van der Waals surface area contributed by atoms with Gasteiger partial charge in [-0.15, -0.1) is 0 Å². The minimum atomic E-state index is 0. The van der Waals surface area contributed by atoms with Crippen LogP contribution in [0.15, 0.2) is 6.08 Å². The van der Waals surface area contributed by atoms with Gasteiger partial charge in [-0.3, -0.25) is 6.08 Å². The molecule has 0 aromatic rings. The van der Waals surface area contributed by atoms with E-state index in [4.69, 9.17) is 6.58 Å². The Morgan fingerprint density at radius 1 is 1.71 bits per heavy atom. The molecule has 43 valence electrons. The van der Waals surface area contributed by atoms with Crippen LogP contribution in [0.5, 0.6) is 0 Å². The SMILES string of the molecule is [CH-]=CC(C)NC.[Ru+]. The van der Waals surface area contributed by atoms with Crippen LogP contribution in [-0.2, 0) is 19.5 Å². The van der Waals surface area contributed by atoms with Crippen molar-refractivity contribution in [2.75, 3.05) is 7.05 Å². The normalized spacial score (nSPS) is 11.7. The van der Waals surface area contributed by atoms with Gasteiger partial charge in [-0.25, -0.2) is 0 Å². The van der Waals surface area contributed by atoms with Crippen molar-refractivity contribution in [3.63, 3.8) is 0 Å². The number of likely N-dealkylation sites (N-methyl/N-ethyl adjacent to an activating group) is 1. The smallest absolute Gasteiger partial charge is 0.516 e. The number of nitrogens with one attached hydrogen (secondary N) is 1. The van der Waals surface area contributed by atoms with Gasteiger partial charge in [-0.2, -0.15) is 0 Å². The largest absolute Gasteiger partial charge is 1.00 e. The second kappa shape index (κ2) is 6.32. The van der Waals surface area contributed by atoms with Gasteiger partial charge in [0.1, 0.15) is 0 Å². The molecule has 0 spiro atoms. The van der Waals surface area contributed by atoms with Crippen molar-refractivity contribution in [3.05, 3.63) is 12.7 Å². The molecule has 0 bridgehead atoms. The van der Waals surface area contributed by atoms with Crippen molar-refractivity contribution >= 4 is 0 Å². The van der Waals surface area contributed by atoms with E-state index in [9.17, 15) is 0 Å². The summed E-state index contributed by atoms with van der Waals surface area (Å²) < 4.78 is 0. The van der Waals surface area contributed by atoms with Crippen LogP contribution >= 0.6 is 0 Å². The first-order valence-electron chi connectivity index (χ1n) is 2.03. The van der Waals surface area contributed by atoms with Gasteiger partial charge < -0.3 is 11.9 Å². The van der Waals surface area contributed by atoms with Crippen LogP contribution in [0.1, 0.15) is 6.92 Å². The van der Waals surface area contributed by atoms with Crippen LogP contribution in [0.2, 0.25) is 0 Å². The molecule has 0 aromatic carbocycles. The topological polar surface area (TPSA) is 12.0 Å². The molecule has 1 atom stereocenters. The van der Waals surface area contributed by atoms with Crippen LogP contribution in [-0.4, -0.2) is 13.1 Å². The third kappa shape index (κ3) is 6.32. The minimum absolute atomic E-state index is 0. The summed E-state index contributed by atoms with van der Waals surface area (Å²) >= 11 is 0. The van der Waals surface area contributed by atoms with Gasteiger partial charge in [0.05, 0.1) is 0 Å². The summed E-state index contributed by atoms with van der Waals surface area (Å²) in [6.45, 7) is 7.08. The van der Waals surface area contributed by atoms with Crippen molar-refractivity contribution in [1.82, 2.24) is 5.32 Å². The second-order valence-electron chi connectivity index (χ2n) is 1.27. The maximum absolute atomic E-state index is 5.10. The van der Waals surface area contributed by atoms with Crippen molar-refractivity contribution in [3.8, 4) is 0 Å². The average molecular weight is 185 g/mol. The molecule has 0 heterocycles. The summed E-state index contributed by atoms with van der Waals surface area (Å²) in [5.41, 5.74) is 0. The van der Waals surface area contributed by atoms with E-state index >= 15 is 0 Å². The van der Waals surface area contributed by atoms with Crippen LogP contribution < -0.4 is 5.32 Å². The average Bonchev–Trinajstić information content (AvgIpc) is 1.65. The third-order valence-electron chi connectivity index (χ3n) is 0.744. The maximum atomic E-state index is 5.10. The molecule has 0 amide bonds. The summed E-state index contributed by atoms with van der Waals surface area (Å²) in [6, 6.07) is 0.338. The van der Waals surface area contributed by atoms with Crippen molar-refractivity contribution < 1.29 is 19.5 Å². The van der Waals surface area contributed by atoms with Crippen molar-refractivity contribution in [2.24, 2.45) is 0 Å². The van der Waals surface area contributed by atoms with Gasteiger partial charge in [0.15, 0.2) is 0 Å².